The molecule has 1 unspecified atom stereocenters. The second kappa shape index (κ2) is 12.5. The summed E-state index contributed by atoms with van der Waals surface area (Å²) < 4.78 is 0. The maximum atomic E-state index is 13.3. The summed E-state index contributed by atoms with van der Waals surface area (Å²) in [5.41, 5.74) is 6.33. The highest BCUT2D eigenvalue weighted by atomic mass is 16.2. The van der Waals surface area contributed by atoms with Crippen molar-refractivity contribution in [1.82, 2.24) is 9.88 Å². The monoisotopic (exact) mass is 594 g/mol. The molecule has 0 radical (unpaired) electrons. The molecular weight excluding hydrogens is 556 g/mol. The molecule has 226 valence electrons. The van der Waals surface area contributed by atoms with Crippen LogP contribution >= 0.6 is 0 Å². The Balaban J connectivity index is 1.45. The molecule has 1 aromatic heterocycles. The average Bonchev–Trinajstić information content (AvgIpc) is 3.36. The maximum absolute atomic E-state index is 13.3. The predicted molar refractivity (Wildman–Crippen MR) is 180 cm³/mol. The number of aldehydes is 1. The van der Waals surface area contributed by atoms with Crippen molar-refractivity contribution in [3.8, 4) is 0 Å². The topological polar surface area (TPSA) is 65.5 Å². The molecule has 45 heavy (non-hydrogen) atoms. The van der Waals surface area contributed by atoms with E-state index in [0.29, 0.717) is 19.5 Å². The molecule has 1 saturated heterocycles. The van der Waals surface area contributed by atoms with Crippen LogP contribution in [-0.2, 0) is 21.5 Å². The van der Waals surface area contributed by atoms with E-state index in [9.17, 15) is 9.59 Å². The zero-order valence-corrected chi connectivity index (χ0v) is 25.9. The first kappa shape index (κ1) is 30.0. The SMILES string of the molecule is CNc1cnccc1CN1CN(c2ccc(C(c3ccccc3)(c3ccccc3)c3ccccc3)cc2)C(C(=O)C=O)C1(C)C. The molecule has 6 heteroatoms. The van der Waals surface area contributed by atoms with Gasteiger partial charge in [-0.05, 0) is 59.9 Å². The molecule has 1 fully saturated rings. The summed E-state index contributed by atoms with van der Waals surface area (Å²) in [6.45, 7) is 5.17. The zero-order valence-electron chi connectivity index (χ0n) is 25.9. The van der Waals surface area contributed by atoms with Crippen molar-refractivity contribution in [1.29, 1.82) is 0 Å². The summed E-state index contributed by atoms with van der Waals surface area (Å²) in [7, 11) is 1.88. The number of carbonyl (C=O) groups excluding carboxylic acids is 2. The van der Waals surface area contributed by atoms with E-state index < -0.39 is 22.8 Å². The van der Waals surface area contributed by atoms with Gasteiger partial charge in [0.05, 0.1) is 24.0 Å². The number of carbonyl (C=O) groups is 2. The van der Waals surface area contributed by atoms with E-state index in [-0.39, 0.29) is 0 Å². The molecule has 0 spiro atoms. The third kappa shape index (κ3) is 5.32. The molecule has 1 aliphatic heterocycles. The fourth-order valence-corrected chi connectivity index (χ4v) is 7.01. The lowest BCUT2D eigenvalue weighted by atomic mass is 9.65. The van der Waals surface area contributed by atoms with Gasteiger partial charge in [-0.1, -0.05) is 103 Å². The van der Waals surface area contributed by atoms with Crippen LogP contribution in [0.4, 0.5) is 11.4 Å². The molecule has 5 aromatic rings. The Morgan fingerprint density at radius 3 is 1.82 bits per heavy atom. The second-order valence-corrected chi connectivity index (χ2v) is 12.1. The van der Waals surface area contributed by atoms with E-state index in [0.717, 1.165) is 39.2 Å². The number of rotatable bonds is 10. The first-order chi connectivity index (χ1) is 21.9. The number of pyridine rings is 1. The van der Waals surface area contributed by atoms with E-state index in [1.807, 2.05) is 45.2 Å². The molecule has 1 N–H and O–H groups in total. The van der Waals surface area contributed by atoms with Crippen LogP contribution in [0, 0.1) is 0 Å². The highest BCUT2D eigenvalue weighted by Gasteiger charge is 2.50. The van der Waals surface area contributed by atoms with Crippen molar-refractivity contribution >= 4 is 23.4 Å². The van der Waals surface area contributed by atoms with E-state index in [1.54, 1.807) is 12.4 Å². The molecule has 2 heterocycles. The molecule has 6 rings (SSSR count). The number of Topliss-reactive ketones (excluding diaryl/α,β-unsaturated/α-hetero) is 1. The second-order valence-electron chi connectivity index (χ2n) is 12.1. The van der Waals surface area contributed by atoms with Crippen LogP contribution in [0.5, 0.6) is 0 Å². The Kier molecular flexibility index (Phi) is 8.33. The van der Waals surface area contributed by atoms with Crippen LogP contribution in [-0.4, -0.2) is 47.3 Å². The lowest BCUT2D eigenvalue weighted by Crippen LogP contribution is -2.51. The van der Waals surface area contributed by atoms with Gasteiger partial charge in [0.25, 0.3) is 0 Å². The van der Waals surface area contributed by atoms with Crippen LogP contribution in [0.2, 0.25) is 0 Å². The number of nitrogens with zero attached hydrogens (tertiary/aromatic N) is 3. The van der Waals surface area contributed by atoms with E-state index >= 15 is 0 Å². The van der Waals surface area contributed by atoms with Crippen LogP contribution in [0.1, 0.15) is 41.7 Å². The first-order valence-electron chi connectivity index (χ1n) is 15.3. The predicted octanol–water partition coefficient (Wildman–Crippen LogP) is 6.70. The fourth-order valence-electron chi connectivity index (χ4n) is 7.01. The van der Waals surface area contributed by atoms with Gasteiger partial charge in [0, 0.05) is 31.0 Å². The molecule has 1 aliphatic rings. The summed E-state index contributed by atoms with van der Waals surface area (Å²) >= 11 is 0. The van der Waals surface area contributed by atoms with Gasteiger partial charge in [-0.15, -0.1) is 0 Å². The van der Waals surface area contributed by atoms with Crippen LogP contribution < -0.4 is 10.2 Å². The Bertz CT molecular complexity index is 1660. The molecule has 0 amide bonds. The van der Waals surface area contributed by atoms with E-state index in [1.165, 1.54) is 0 Å². The van der Waals surface area contributed by atoms with Gasteiger partial charge in [-0.25, -0.2) is 0 Å². The third-order valence-electron chi connectivity index (χ3n) is 9.30. The van der Waals surface area contributed by atoms with Gasteiger partial charge >= 0.3 is 0 Å². The molecule has 0 bridgehead atoms. The molecule has 4 aromatic carbocycles. The lowest BCUT2D eigenvalue weighted by molar-refractivity contribution is -0.131. The molecule has 0 saturated carbocycles. The smallest absolute Gasteiger partial charge is 0.219 e. The normalized spacial score (nSPS) is 16.3. The van der Waals surface area contributed by atoms with Gasteiger partial charge in [-0.2, -0.15) is 0 Å². The maximum Gasteiger partial charge on any atom is 0.219 e. The number of hydrogen-bond acceptors (Lipinski definition) is 6. The quantitative estimate of drug-likeness (QED) is 0.110. The zero-order chi connectivity index (χ0) is 31.4. The summed E-state index contributed by atoms with van der Waals surface area (Å²) in [4.78, 5) is 33.8. The van der Waals surface area contributed by atoms with Crippen LogP contribution in [0.25, 0.3) is 0 Å². The van der Waals surface area contributed by atoms with Crippen LogP contribution in [0.3, 0.4) is 0 Å². The minimum Gasteiger partial charge on any atom is -0.387 e. The number of ketones is 1. The summed E-state index contributed by atoms with van der Waals surface area (Å²) in [5, 5.41) is 3.22. The Morgan fingerprint density at radius 2 is 1.33 bits per heavy atom. The van der Waals surface area contributed by atoms with Gasteiger partial charge in [0.15, 0.2) is 6.29 Å². The van der Waals surface area contributed by atoms with E-state index in [2.05, 4.69) is 117 Å². The van der Waals surface area contributed by atoms with Crippen molar-refractivity contribution in [2.75, 3.05) is 23.9 Å². The standard InChI is InChI=1S/C39H38N4O2/c1-38(2)37(36(45)27-44)43(28-42(38)26-29-23-24-41-25-35(29)40-3)34-21-19-33(20-22-34)39(30-13-7-4-8-14-30,31-15-9-5-10-16-31)32-17-11-6-12-18-32/h4-25,27,37,40H,26,28H2,1-3H3. The highest BCUT2D eigenvalue weighted by molar-refractivity contribution is 6.28. The molecule has 0 aliphatic carbocycles. The largest absolute Gasteiger partial charge is 0.387 e. The lowest BCUT2D eigenvalue weighted by Gasteiger charge is -2.37. The number of anilines is 2. The average molecular weight is 595 g/mol. The van der Waals surface area contributed by atoms with E-state index in [4.69, 9.17) is 0 Å². The number of hydrogen-bond donors (Lipinski definition) is 1. The fraction of sp³-hybridized carbons (Fsp3) is 0.205. The number of nitrogens with one attached hydrogen (secondary N) is 1. The first-order valence-corrected chi connectivity index (χ1v) is 15.3. The Labute approximate surface area is 265 Å². The minimum atomic E-state index is -0.636. The molecular formula is C39H38N4O2. The van der Waals surface area contributed by atoms with Crippen molar-refractivity contribution < 1.29 is 9.59 Å². The Hall–Kier alpha value is -5.07. The van der Waals surface area contributed by atoms with Gasteiger partial charge in [-0.3, -0.25) is 19.5 Å². The summed E-state index contributed by atoms with van der Waals surface area (Å²) in [5.74, 6) is -0.428. The summed E-state index contributed by atoms with van der Waals surface area (Å²) in [6, 6.07) is 41.7. The van der Waals surface area contributed by atoms with Crippen molar-refractivity contribution in [2.45, 2.75) is 37.4 Å². The highest BCUT2D eigenvalue weighted by Crippen LogP contribution is 2.46. The number of aromatic nitrogens is 1. The van der Waals surface area contributed by atoms with Crippen molar-refractivity contribution in [3.05, 3.63) is 162 Å². The van der Waals surface area contributed by atoms with Crippen LogP contribution in [0.15, 0.2) is 134 Å². The van der Waals surface area contributed by atoms with Gasteiger partial charge < -0.3 is 10.2 Å². The summed E-state index contributed by atoms with van der Waals surface area (Å²) in [6.07, 6.45) is 4.05. The third-order valence-corrected chi connectivity index (χ3v) is 9.30. The van der Waals surface area contributed by atoms with Crippen molar-refractivity contribution in [3.63, 3.8) is 0 Å². The van der Waals surface area contributed by atoms with Gasteiger partial charge in [0.2, 0.25) is 5.78 Å². The van der Waals surface area contributed by atoms with Crippen molar-refractivity contribution in [2.24, 2.45) is 0 Å². The number of benzene rings is 4. The molecule has 1 atom stereocenters. The minimum absolute atomic E-state index is 0.428. The molecule has 6 nitrogen and oxygen atoms in total. The van der Waals surface area contributed by atoms with Gasteiger partial charge in [0.1, 0.15) is 6.04 Å². The Morgan fingerprint density at radius 1 is 0.822 bits per heavy atom.